The van der Waals surface area contributed by atoms with Gasteiger partial charge in [-0.15, -0.1) is 0 Å². The summed E-state index contributed by atoms with van der Waals surface area (Å²) in [5.74, 6) is -0.244. The van der Waals surface area contributed by atoms with Crippen LogP contribution in [0.3, 0.4) is 0 Å². The van der Waals surface area contributed by atoms with E-state index in [0.717, 1.165) is 5.56 Å². The maximum absolute atomic E-state index is 12.2. The summed E-state index contributed by atoms with van der Waals surface area (Å²) in [5.41, 5.74) is 0.962. The van der Waals surface area contributed by atoms with Crippen molar-refractivity contribution in [2.45, 2.75) is 24.3 Å². The molecule has 0 bridgehead atoms. The standard InChI is InChI=1S/C19H23ClN2O5S/c1-14(19(23)24)21-12-13-27-17-6-2-15(3-7-17)10-11-22-28(25,26)18-8-4-16(20)5-9-18/h2-9,14,21-22H,10-13H2,1H3,(H,23,24)/t14-/m0/s1. The predicted molar refractivity (Wildman–Crippen MR) is 107 cm³/mol. The van der Waals surface area contributed by atoms with Crippen LogP contribution >= 0.6 is 11.6 Å². The first-order valence-electron chi connectivity index (χ1n) is 8.71. The number of nitrogens with one attached hydrogen (secondary N) is 2. The van der Waals surface area contributed by atoms with Gasteiger partial charge in [0.25, 0.3) is 0 Å². The van der Waals surface area contributed by atoms with Crippen LogP contribution < -0.4 is 14.8 Å². The van der Waals surface area contributed by atoms with Gasteiger partial charge in [-0.25, -0.2) is 13.1 Å². The number of aliphatic carboxylic acids is 1. The fourth-order valence-electron chi connectivity index (χ4n) is 2.31. The van der Waals surface area contributed by atoms with E-state index in [1.165, 1.54) is 24.3 Å². The molecule has 0 amide bonds. The molecule has 2 aromatic carbocycles. The Labute approximate surface area is 169 Å². The molecule has 0 spiro atoms. The third kappa shape index (κ3) is 7.12. The van der Waals surface area contributed by atoms with Crippen LogP contribution in [0.25, 0.3) is 0 Å². The second-order valence-corrected chi connectivity index (χ2v) is 8.31. The average molecular weight is 427 g/mol. The van der Waals surface area contributed by atoms with E-state index in [1.54, 1.807) is 19.1 Å². The van der Waals surface area contributed by atoms with E-state index in [-0.39, 0.29) is 11.4 Å². The minimum absolute atomic E-state index is 0.173. The molecule has 152 valence electrons. The summed E-state index contributed by atoms with van der Waals surface area (Å²) in [6.07, 6.45) is 0.533. The van der Waals surface area contributed by atoms with Gasteiger partial charge in [-0.05, 0) is 55.3 Å². The van der Waals surface area contributed by atoms with Gasteiger partial charge in [-0.3, -0.25) is 4.79 Å². The molecule has 0 aromatic heterocycles. The fourth-order valence-corrected chi connectivity index (χ4v) is 3.47. The number of carboxylic acid groups (broad SMARTS) is 1. The molecule has 2 rings (SSSR count). The maximum atomic E-state index is 12.2. The summed E-state index contributed by atoms with van der Waals surface area (Å²) in [7, 11) is -3.57. The van der Waals surface area contributed by atoms with Gasteiger partial charge in [0.2, 0.25) is 10.0 Å². The van der Waals surface area contributed by atoms with Gasteiger partial charge in [0, 0.05) is 18.1 Å². The fraction of sp³-hybridized carbons (Fsp3) is 0.316. The molecule has 28 heavy (non-hydrogen) atoms. The number of carboxylic acids is 1. The Hall–Kier alpha value is -2.13. The number of halogens is 1. The molecular weight excluding hydrogens is 404 g/mol. The number of sulfonamides is 1. The minimum Gasteiger partial charge on any atom is -0.492 e. The van der Waals surface area contributed by atoms with Crippen LogP contribution in [-0.2, 0) is 21.2 Å². The number of benzene rings is 2. The van der Waals surface area contributed by atoms with Crippen molar-refractivity contribution in [3.63, 3.8) is 0 Å². The van der Waals surface area contributed by atoms with E-state index in [9.17, 15) is 13.2 Å². The van der Waals surface area contributed by atoms with Crippen molar-refractivity contribution in [3.05, 3.63) is 59.1 Å². The third-order valence-corrected chi connectivity index (χ3v) is 5.67. The van der Waals surface area contributed by atoms with Crippen LogP contribution in [0.15, 0.2) is 53.4 Å². The minimum atomic E-state index is -3.57. The summed E-state index contributed by atoms with van der Waals surface area (Å²) < 4.78 is 32.5. The van der Waals surface area contributed by atoms with Crippen LogP contribution in [0.5, 0.6) is 5.75 Å². The van der Waals surface area contributed by atoms with Crippen LogP contribution in [0.2, 0.25) is 5.02 Å². The van der Waals surface area contributed by atoms with E-state index in [4.69, 9.17) is 21.4 Å². The molecule has 7 nitrogen and oxygen atoms in total. The number of hydrogen-bond donors (Lipinski definition) is 3. The molecule has 0 saturated carbocycles. The largest absolute Gasteiger partial charge is 0.492 e. The Bertz CT molecular complexity index is 870. The third-order valence-electron chi connectivity index (χ3n) is 3.94. The zero-order valence-electron chi connectivity index (χ0n) is 15.4. The summed E-state index contributed by atoms with van der Waals surface area (Å²) in [5, 5.41) is 12.1. The molecule has 0 aliphatic rings. The smallest absolute Gasteiger partial charge is 0.320 e. The average Bonchev–Trinajstić information content (AvgIpc) is 2.66. The first-order valence-corrected chi connectivity index (χ1v) is 10.6. The van der Waals surface area contributed by atoms with Crippen LogP contribution in [0.1, 0.15) is 12.5 Å². The summed E-state index contributed by atoms with van der Waals surface area (Å²) in [6, 6.07) is 12.7. The van der Waals surface area contributed by atoms with Gasteiger partial charge in [0.05, 0.1) is 4.90 Å². The highest BCUT2D eigenvalue weighted by molar-refractivity contribution is 7.89. The van der Waals surface area contributed by atoms with E-state index >= 15 is 0 Å². The molecule has 0 saturated heterocycles. The van der Waals surface area contributed by atoms with Gasteiger partial charge < -0.3 is 15.2 Å². The first kappa shape index (κ1) is 22.2. The Morgan fingerprint density at radius 3 is 2.36 bits per heavy atom. The topological polar surface area (TPSA) is 105 Å². The van der Waals surface area contributed by atoms with Gasteiger partial charge in [0.15, 0.2) is 0 Å². The highest BCUT2D eigenvalue weighted by Crippen LogP contribution is 2.15. The van der Waals surface area contributed by atoms with Crippen molar-refractivity contribution in [1.29, 1.82) is 0 Å². The van der Waals surface area contributed by atoms with Crippen LogP contribution in [0, 0.1) is 0 Å². The first-order chi connectivity index (χ1) is 13.3. The Kier molecular flexibility index (Phi) is 8.25. The lowest BCUT2D eigenvalue weighted by molar-refractivity contribution is -0.139. The monoisotopic (exact) mass is 426 g/mol. The molecule has 0 aliphatic heterocycles. The SMILES string of the molecule is C[C@H](NCCOc1ccc(CCNS(=O)(=O)c2ccc(Cl)cc2)cc1)C(=O)O. The van der Waals surface area contributed by atoms with Gasteiger partial charge in [0.1, 0.15) is 18.4 Å². The van der Waals surface area contributed by atoms with Gasteiger partial charge >= 0.3 is 5.97 Å². The highest BCUT2D eigenvalue weighted by Gasteiger charge is 2.13. The Balaban J connectivity index is 1.75. The molecule has 0 fully saturated rings. The Morgan fingerprint density at radius 1 is 1.11 bits per heavy atom. The molecule has 9 heteroatoms. The summed E-state index contributed by atoms with van der Waals surface area (Å²) in [6.45, 7) is 2.60. The number of ether oxygens (including phenoxy) is 1. The lowest BCUT2D eigenvalue weighted by Gasteiger charge is -2.11. The van der Waals surface area contributed by atoms with Crippen molar-refractivity contribution >= 4 is 27.6 Å². The maximum Gasteiger partial charge on any atom is 0.320 e. The molecule has 0 heterocycles. The summed E-state index contributed by atoms with van der Waals surface area (Å²) in [4.78, 5) is 10.9. The number of rotatable bonds is 11. The van der Waals surface area contributed by atoms with E-state index < -0.39 is 22.0 Å². The van der Waals surface area contributed by atoms with E-state index in [2.05, 4.69) is 10.0 Å². The zero-order chi connectivity index (χ0) is 20.6. The molecule has 0 unspecified atom stereocenters. The van der Waals surface area contributed by atoms with Crippen molar-refractivity contribution in [2.75, 3.05) is 19.7 Å². The van der Waals surface area contributed by atoms with Crippen LogP contribution in [0.4, 0.5) is 0 Å². The molecule has 3 N–H and O–H groups in total. The quantitative estimate of drug-likeness (QED) is 0.476. The van der Waals surface area contributed by atoms with Crippen LogP contribution in [-0.4, -0.2) is 45.2 Å². The highest BCUT2D eigenvalue weighted by atomic mass is 35.5. The van der Waals surface area contributed by atoms with Crippen molar-refractivity contribution in [3.8, 4) is 5.75 Å². The van der Waals surface area contributed by atoms with Gasteiger partial charge in [-0.1, -0.05) is 23.7 Å². The lowest BCUT2D eigenvalue weighted by Crippen LogP contribution is -2.36. The second kappa shape index (κ2) is 10.4. The van der Waals surface area contributed by atoms with Gasteiger partial charge in [-0.2, -0.15) is 0 Å². The number of hydrogen-bond acceptors (Lipinski definition) is 5. The molecular formula is C19H23ClN2O5S. The molecule has 0 aliphatic carbocycles. The molecule has 2 aromatic rings. The second-order valence-electron chi connectivity index (χ2n) is 6.11. The Morgan fingerprint density at radius 2 is 1.75 bits per heavy atom. The van der Waals surface area contributed by atoms with E-state index in [1.807, 2.05) is 12.1 Å². The van der Waals surface area contributed by atoms with E-state index in [0.29, 0.717) is 30.3 Å². The number of carbonyl (C=O) groups is 1. The molecule has 0 radical (unpaired) electrons. The summed E-state index contributed by atoms with van der Waals surface area (Å²) >= 11 is 5.77. The lowest BCUT2D eigenvalue weighted by atomic mass is 10.1. The normalized spacial score (nSPS) is 12.5. The predicted octanol–water partition coefficient (Wildman–Crippen LogP) is 2.30. The van der Waals surface area contributed by atoms with Crippen molar-refractivity contribution < 1.29 is 23.1 Å². The van der Waals surface area contributed by atoms with Crippen molar-refractivity contribution in [2.24, 2.45) is 0 Å². The van der Waals surface area contributed by atoms with Crippen molar-refractivity contribution in [1.82, 2.24) is 10.0 Å². The zero-order valence-corrected chi connectivity index (χ0v) is 17.0. The molecule has 1 atom stereocenters.